The van der Waals surface area contributed by atoms with E-state index in [9.17, 15) is 8.42 Å². The number of sulfone groups is 1. The Kier molecular flexibility index (Phi) is 3.13. The molecule has 0 saturated carbocycles. The van der Waals surface area contributed by atoms with E-state index in [4.69, 9.17) is 17.3 Å². The molecule has 1 aliphatic heterocycles. The van der Waals surface area contributed by atoms with Crippen molar-refractivity contribution in [1.82, 2.24) is 9.97 Å². The Hall–Kier alpha value is -1.08. The van der Waals surface area contributed by atoms with Crippen molar-refractivity contribution in [3.05, 3.63) is 11.2 Å². The maximum absolute atomic E-state index is 11.5. The van der Waals surface area contributed by atoms with Crippen molar-refractivity contribution in [2.75, 3.05) is 28.7 Å². The summed E-state index contributed by atoms with van der Waals surface area (Å²) in [7, 11) is -2.96. The number of hydrogen-bond donors (Lipinski definition) is 1. The van der Waals surface area contributed by atoms with Crippen LogP contribution < -0.4 is 10.6 Å². The Morgan fingerprint density at radius 2 is 2.29 bits per heavy atom. The van der Waals surface area contributed by atoms with E-state index >= 15 is 0 Å². The first-order valence-corrected chi connectivity index (χ1v) is 7.34. The first kappa shape index (κ1) is 12.4. The summed E-state index contributed by atoms with van der Waals surface area (Å²) in [5, 5.41) is 0.380. The van der Waals surface area contributed by atoms with E-state index in [2.05, 4.69) is 9.97 Å². The van der Waals surface area contributed by atoms with Gasteiger partial charge in [0.15, 0.2) is 15.7 Å². The van der Waals surface area contributed by atoms with Crippen molar-refractivity contribution in [2.24, 2.45) is 0 Å². The van der Waals surface area contributed by atoms with Crippen molar-refractivity contribution in [3.8, 4) is 0 Å². The van der Waals surface area contributed by atoms with E-state index in [1.807, 2.05) is 11.8 Å². The fraction of sp³-hybridized carbons (Fsp3) is 0.556. The van der Waals surface area contributed by atoms with Gasteiger partial charge in [-0.3, -0.25) is 0 Å². The predicted octanol–water partition coefficient (Wildman–Crippen LogP) is 0.336. The van der Waals surface area contributed by atoms with Crippen LogP contribution >= 0.6 is 11.6 Å². The minimum atomic E-state index is -2.96. The van der Waals surface area contributed by atoms with E-state index in [1.54, 1.807) is 0 Å². The van der Waals surface area contributed by atoms with Gasteiger partial charge < -0.3 is 10.6 Å². The van der Waals surface area contributed by atoms with Crippen LogP contribution in [0.2, 0.25) is 5.02 Å². The highest BCUT2D eigenvalue weighted by Crippen LogP contribution is 2.27. The first-order valence-electron chi connectivity index (χ1n) is 5.14. The van der Waals surface area contributed by atoms with Gasteiger partial charge in [-0.25, -0.2) is 13.4 Å². The maximum Gasteiger partial charge on any atom is 0.222 e. The summed E-state index contributed by atoms with van der Waals surface area (Å²) in [5.74, 6) is 0.844. The third-order valence-corrected chi connectivity index (χ3v) is 4.75. The molecule has 0 spiro atoms. The number of anilines is 2. The van der Waals surface area contributed by atoms with Gasteiger partial charge in [-0.05, 0) is 6.92 Å². The van der Waals surface area contributed by atoms with Gasteiger partial charge in [-0.1, -0.05) is 11.6 Å². The molecule has 0 aliphatic carbocycles. The Morgan fingerprint density at radius 3 is 2.94 bits per heavy atom. The number of nitrogen functional groups attached to an aromatic ring is 1. The molecule has 0 amide bonds. The molecule has 2 N–H and O–H groups in total. The first-order chi connectivity index (χ1) is 7.89. The molecular formula is C9H13ClN4O2S. The number of halogens is 1. The van der Waals surface area contributed by atoms with Gasteiger partial charge >= 0.3 is 0 Å². The van der Waals surface area contributed by atoms with E-state index < -0.39 is 9.84 Å². The Morgan fingerprint density at radius 1 is 1.59 bits per heavy atom. The number of nitrogens with two attached hydrogens (primary N) is 1. The smallest absolute Gasteiger partial charge is 0.222 e. The van der Waals surface area contributed by atoms with E-state index in [-0.39, 0.29) is 23.5 Å². The number of rotatable bonds is 1. The molecule has 1 atom stereocenters. The summed E-state index contributed by atoms with van der Waals surface area (Å²) in [6.45, 7) is 2.20. The SMILES string of the molecule is CC1CS(=O)(=O)CCN1c1nc(N)ncc1Cl. The average Bonchev–Trinajstić information content (AvgIpc) is 2.21. The molecular weight excluding hydrogens is 264 g/mol. The zero-order valence-electron chi connectivity index (χ0n) is 9.30. The lowest BCUT2D eigenvalue weighted by Crippen LogP contribution is -2.47. The van der Waals surface area contributed by atoms with Crippen LogP contribution in [0.1, 0.15) is 6.92 Å². The van der Waals surface area contributed by atoms with Gasteiger partial charge in [0.2, 0.25) is 5.95 Å². The number of nitrogens with zero attached hydrogens (tertiary/aromatic N) is 3. The summed E-state index contributed by atoms with van der Waals surface area (Å²) in [4.78, 5) is 9.69. The van der Waals surface area contributed by atoms with Gasteiger partial charge in [0.1, 0.15) is 5.02 Å². The fourth-order valence-corrected chi connectivity index (χ4v) is 3.64. The fourth-order valence-electron chi connectivity index (χ4n) is 1.89. The van der Waals surface area contributed by atoms with E-state index in [0.717, 1.165) is 0 Å². The highest BCUT2D eigenvalue weighted by molar-refractivity contribution is 7.91. The second-order valence-corrected chi connectivity index (χ2v) is 6.69. The van der Waals surface area contributed by atoms with Crippen molar-refractivity contribution in [1.29, 1.82) is 0 Å². The molecule has 0 bridgehead atoms. The molecule has 6 nitrogen and oxygen atoms in total. The van der Waals surface area contributed by atoms with Gasteiger partial charge in [0.25, 0.3) is 0 Å². The summed E-state index contributed by atoms with van der Waals surface area (Å²) in [6, 6.07) is -0.166. The number of hydrogen-bond acceptors (Lipinski definition) is 6. The van der Waals surface area contributed by atoms with Crippen LogP contribution in [-0.2, 0) is 9.84 Å². The van der Waals surface area contributed by atoms with Crippen LogP contribution in [0.3, 0.4) is 0 Å². The minimum absolute atomic E-state index is 0.104. The summed E-state index contributed by atoms with van der Waals surface area (Å²) >= 11 is 5.99. The molecule has 94 valence electrons. The second kappa shape index (κ2) is 4.30. The Labute approximate surface area is 105 Å². The normalized spacial score (nSPS) is 23.6. The van der Waals surface area contributed by atoms with Crippen molar-refractivity contribution in [3.63, 3.8) is 0 Å². The third kappa shape index (κ3) is 2.61. The molecule has 1 aromatic heterocycles. The van der Waals surface area contributed by atoms with Crippen LogP contribution in [-0.4, -0.2) is 42.5 Å². The predicted molar refractivity (Wildman–Crippen MR) is 66.9 cm³/mol. The zero-order chi connectivity index (χ0) is 12.6. The Balaban J connectivity index is 2.32. The summed E-state index contributed by atoms with van der Waals surface area (Å²) in [6.07, 6.45) is 1.43. The van der Waals surface area contributed by atoms with Gasteiger partial charge in [0, 0.05) is 12.6 Å². The van der Waals surface area contributed by atoms with Crippen LogP contribution in [0.5, 0.6) is 0 Å². The quantitative estimate of drug-likeness (QED) is 0.795. The molecule has 1 aliphatic rings. The summed E-state index contributed by atoms with van der Waals surface area (Å²) < 4.78 is 22.9. The molecule has 2 rings (SSSR count). The molecule has 1 unspecified atom stereocenters. The van der Waals surface area contributed by atoms with Crippen molar-refractivity contribution in [2.45, 2.75) is 13.0 Å². The number of aromatic nitrogens is 2. The highest BCUT2D eigenvalue weighted by atomic mass is 35.5. The molecule has 1 aromatic rings. The third-order valence-electron chi connectivity index (χ3n) is 2.69. The second-order valence-electron chi connectivity index (χ2n) is 4.06. The van der Waals surface area contributed by atoms with Crippen LogP contribution in [0.4, 0.5) is 11.8 Å². The standard InChI is InChI=1S/C9H13ClN4O2S/c1-6-5-17(15,16)3-2-14(6)8-7(10)4-12-9(11)13-8/h4,6H,2-3,5H2,1H3,(H2,11,12,13). The van der Waals surface area contributed by atoms with Gasteiger partial charge in [0.05, 0.1) is 17.7 Å². The largest absolute Gasteiger partial charge is 0.368 e. The van der Waals surface area contributed by atoms with Crippen molar-refractivity contribution < 1.29 is 8.42 Å². The molecule has 2 heterocycles. The zero-order valence-corrected chi connectivity index (χ0v) is 10.9. The van der Waals surface area contributed by atoms with Gasteiger partial charge in [-0.2, -0.15) is 4.98 Å². The maximum atomic E-state index is 11.5. The van der Waals surface area contributed by atoms with E-state index in [0.29, 0.717) is 17.4 Å². The molecule has 17 heavy (non-hydrogen) atoms. The summed E-state index contributed by atoms with van der Waals surface area (Å²) in [5.41, 5.74) is 5.51. The molecule has 1 fully saturated rings. The topological polar surface area (TPSA) is 89.2 Å². The molecule has 0 aromatic carbocycles. The minimum Gasteiger partial charge on any atom is -0.368 e. The Bertz CT molecular complexity index is 534. The van der Waals surface area contributed by atoms with Crippen LogP contribution in [0.25, 0.3) is 0 Å². The van der Waals surface area contributed by atoms with Crippen molar-refractivity contribution >= 4 is 33.2 Å². The van der Waals surface area contributed by atoms with Crippen LogP contribution in [0.15, 0.2) is 6.20 Å². The van der Waals surface area contributed by atoms with Crippen LogP contribution in [0, 0.1) is 0 Å². The lowest BCUT2D eigenvalue weighted by Gasteiger charge is -2.34. The van der Waals surface area contributed by atoms with E-state index in [1.165, 1.54) is 6.20 Å². The van der Waals surface area contributed by atoms with Gasteiger partial charge in [-0.15, -0.1) is 0 Å². The molecule has 8 heteroatoms. The average molecular weight is 277 g/mol. The highest BCUT2D eigenvalue weighted by Gasteiger charge is 2.30. The lowest BCUT2D eigenvalue weighted by molar-refractivity contribution is 0.567. The monoisotopic (exact) mass is 276 g/mol. The molecule has 1 saturated heterocycles. The lowest BCUT2D eigenvalue weighted by atomic mass is 10.3. The molecule has 0 radical (unpaired) electrons.